The minimum absolute atomic E-state index is 0.738. The molecule has 96 valence electrons. The maximum atomic E-state index is 5.65. The third-order valence-corrected chi connectivity index (χ3v) is 3.35. The van der Waals surface area contributed by atoms with Crippen LogP contribution in [0.2, 0.25) is 0 Å². The van der Waals surface area contributed by atoms with Gasteiger partial charge in [-0.3, -0.25) is 0 Å². The highest BCUT2D eigenvalue weighted by atomic mass is 79.9. The van der Waals surface area contributed by atoms with Gasteiger partial charge in [0.1, 0.15) is 0 Å². The summed E-state index contributed by atoms with van der Waals surface area (Å²) in [4.78, 5) is 0. The zero-order valence-electron chi connectivity index (χ0n) is 10.8. The highest BCUT2D eigenvalue weighted by Gasteiger charge is 1.94. The van der Waals surface area contributed by atoms with E-state index in [0.29, 0.717) is 0 Å². The predicted octanol–water partition coefficient (Wildman–Crippen LogP) is 5.33. The Hall–Kier alpha value is -0.340. The van der Waals surface area contributed by atoms with E-state index in [1.165, 1.54) is 44.1 Å². The van der Waals surface area contributed by atoms with E-state index in [1.54, 1.807) is 0 Å². The van der Waals surface area contributed by atoms with Gasteiger partial charge in [-0.05, 0) is 24.1 Å². The summed E-state index contributed by atoms with van der Waals surface area (Å²) in [6, 6.07) is 8.32. The van der Waals surface area contributed by atoms with Gasteiger partial charge in [-0.25, -0.2) is 0 Å². The molecule has 0 aromatic heterocycles. The zero-order valence-corrected chi connectivity index (χ0v) is 12.3. The van der Waals surface area contributed by atoms with Crippen molar-refractivity contribution in [1.29, 1.82) is 0 Å². The molecule has 1 aromatic rings. The van der Waals surface area contributed by atoms with E-state index in [4.69, 9.17) is 4.74 Å². The standard InChI is InChI=1S/C15H23BrO/c1-2-3-4-5-6-7-12-17-13-14-8-10-15(16)11-9-14/h8-11H,2-7,12-13H2,1H3. The van der Waals surface area contributed by atoms with E-state index in [0.717, 1.165) is 17.7 Å². The lowest BCUT2D eigenvalue weighted by Gasteiger charge is -2.04. The predicted molar refractivity (Wildman–Crippen MR) is 77.2 cm³/mol. The molecule has 0 saturated heterocycles. The Labute approximate surface area is 114 Å². The van der Waals surface area contributed by atoms with Crippen LogP contribution in [0.5, 0.6) is 0 Å². The van der Waals surface area contributed by atoms with Crippen LogP contribution >= 0.6 is 15.9 Å². The second-order valence-corrected chi connectivity index (χ2v) is 5.36. The van der Waals surface area contributed by atoms with Gasteiger partial charge in [0.15, 0.2) is 0 Å². The van der Waals surface area contributed by atoms with Gasteiger partial charge in [-0.15, -0.1) is 0 Å². The second kappa shape index (κ2) is 9.67. The van der Waals surface area contributed by atoms with Crippen molar-refractivity contribution in [2.75, 3.05) is 6.61 Å². The molecular formula is C15H23BrO. The van der Waals surface area contributed by atoms with E-state index in [9.17, 15) is 0 Å². The lowest BCUT2D eigenvalue weighted by atomic mass is 10.1. The molecule has 2 heteroatoms. The minimum atomic E-state index is 0.738. The Balaban J connectivity index is 1.95. The van der Waals surface area contributed by atoms with Gasteiger partial charge in [0.05, 0.1) is 6.61 Å². The molecule has 17 heavy (non-hydrogen) atoms. The fourth-order valence-corrected chi connectivity index (χ4v) is 2.02. The molecule has 0 aliphatic carbocycles. The molecule has 0 radical (unpaired) electrons. The van der Waals surface area contributed by atoms with Crippen molar-refractivity contribution in [2.24, 2.45) is 0 Å². The third-order valence-electron chi connectivity index (χ3n) is 2.82. The Morgan fingerprint density at radius 1 is 0.941 bits per heavy atom. The topological polar surface area (TPSA) is 9.23 Å². The molecule has 1 nitrogen and oxygen atoms in total. The zero-order chi connectivity index (χ0) is 12.3. The van der Waals surface area contributed by atoms with Crippen LogP contribution in [0.4, 0.5) is 0 Å². The maximum Gasteiger partial charge on any atom is 0.0716 e. The van der Waals surface area contributed by atoms with Gasteiger partial charge in [0, 0.05) is 11.1 Å². The average molecular weight is 299 g/mol. The molecule has 0 spiro atoms. The lowest BCUT2D eigenvalue weighted by molar-refractivity contribution is 0.116. The molecule has 1 aromatic carbocycles. The summed E-state index contributed by atoms with van der Waals surface area (Å²) in [5.74, 6) is 0. The molecule has 0 saturated carbocycles. The van der Waals surface area contributed by atoms with Crippen molar-refractivity contribution < 1.29 is 4.74 Å². The van der Waals surface area contributed by atoms with Crippen LogP contribution in [-0.4, -0.2) is 6.61 Å². The Kier molecular flexibility index (Phi) is 8.37. The number of unbranched alkanes of at least 4 members (excludes halogenated alkanes) is 5. The summed E-state index contributed by atoms with van der Waals surface area (Å²) in [6.07, 6.45) is 7.93. The quantitative estimate of drug-likeness (QED) is 0.560. The summed E-state index contributed by atoms with van der Waals surface area (Å²) in [7, 11) is 0. The summed E-state index contributed by atoms with van der Waals surface area (Å²) in [5, 5.41) is 0. The highest BCUT2D eigenvalue weighted by molar-refractivity contribution is 9.10. The lowest BCUT2D eigenvalue weighted by Crippen LogP contribution is -1.95. The van der Waals surface area contributed by atoms with Crippen molar-refractivity contribution in [3.05, 3.63) is 34.3 Å². The van der Waals surface area contributed by atoms with Gasteiger partial charge >= 0.3 is 0 Å². The normalized spacial score (nSPS) is 10.7. The molecular weight excluding hydrogens is 276 g/mol. The first kappa shape index (κ1) is 14.7. The molecule has 1 rings (SSSR count). The van der Waals surface area contributed by atoms with Crippen LogP contribution in [0.15, 0.2) is 28.7 Å². The first-order chi connectivity index (χ1) is 8.33. The minimum Gasteiger partial charge on any atom is -0.377 e. The van der Waals surface area contributed by atoms with Crippen molar-refractivity contribution in [3.63, 3.8) is 0 Å². The van der Waals surface area contributed by atoms with E-state index >= 15 is 0 Å². The number of ether oxygens (including phenoxy) is 1. The van der Waals surface area contributed by atoms with Crippen molar-refractivity contribution >= 4 is 15.9 Å². The van der Waals surface area contributed by atoms with Gasteiger partial charge in [-0.1, -0.05) is 67.1 Å². The molecule has 0 aliphatic rings. The van der Waals surface area contributed by atoms with Crippen LogP contribution in [-0.2, 0) is 11.3 Å². The molecule has 0 heterocycles. The number of rotatable bonds is 9. The van der Waals surface area contributed by atoms with E-state index in [1.807, 2.05) is 0 Å². The summed E-state index contributed by atoms with van der Waals surface area (Å²) in [5.41, 5.74) is 1.25. The van der Waals surface area contributed by atoms with Crippen molar-refractivity contribution in [3.8, 4) is 0 Å². The van der Waals surface area contributed by atoms with Gasteiger partial charge in [0.25, 0.3) is 0 Å². The number of hydrogen-bond donors (Lipinski definition) is 0. The third kappa shape index (κ3) is 7.56. The molecule has 0 bridgehead atoms. The highest BCUT2D eigenvalue weighted by Crippen LogP contribution is 2.11. The van der Waals surface area contributed by atoms with Crippen LogP contribution in [0.25, 0.3) is 0 Å². The van der Waals surface area contributed by atoms with E-state index in [2.05, 4.69) is 47.1 Å². The molecule has 0 amide bonds. The fourth-order valence-electron chi connectivity index (χ4n) is 1.76. The Morgan fingerprint density at radius 2 is 1.59 bits per heavy atom. The Bertz CT molecular complexity index is 281. The van der Waals surface area contributed by atoms with Crippen molar-refractivity contribution in [1.82, 2.24) is 0 Å². The fraction of sp³-hybridized carbons (Fsp3) is 0.600. The molecule has 0 atom stereocenters. The van der Waals surface area contributed by atoms with Crippen LogP contribution in [0.3, 0.4) is 0 Å². The van der Waals surface area contributed by atoms with Gasteiger partial charge < -0.3 is 4.74 Å². The van der Waals surface area contributed by atoms with Crippen LogP contribution < -0.4 is 0 Å². The van der Waals surface area contributed by atoms with E-state index in [-0.39, 0.29) is 0 Å². The monoisotopic (exact) mass is 298 g/mol. The number of hydrogen-bond acceptors (Lipinski definition) is 1. The molecule has 0 aliphatic heterocycles. The first-order valence-electron chi connectivity index (χ1n) is 6.65. The maximum absolute atomic E-state index is 5.65. The summed E-state index contributed by atoms with van der Waals surface area (Å²) >= 11 is 3.43. The Morgan fingerprint density at radius 3 is 2.29 bits per heavy atom. The van der Waals surface area contributed by atoms with E-state index < -0.39 is 0 Å². The molecule has 0 N–H and O–H groups in total. The van der Waals surface area contributed by atoms with Gasteiger partial charge in [0.2, 0.25) is 0 Å². The number of halogens is 1. The summed E-state index contributed by atoms with van der Waals surface area (Å²) < 4.78 is 6.77. The van der Waals surface area contributed by atoms with Crippen LogP contribution in [0.1, 0.15) is 51.0 Å². The second-order valence-electron chi connectivity index (χ2n) is 4.45. The SMILES string of the molecule is CCCCCCCCOCc1ccc(Br)cc1. The number of benzene rings is 1. The molecule has 0 unspecified atom stereocenters. The average Bonchev–Trinajstić information content (AvgIpc) is 2.35. The summed E-state index contributed by atoms with van der Waals surface area (Å²) in [6.45, 7) is 3.88. The van der Waals surface area contributed by atoms with Gasteiger partial charge in [-0.2, -0.15) is 0 Å². The largest absolute Gasteiger partial charge is 0.377 e. The smallest absolute Gasteiger partial charge is 0.0716 e. The first-order valence-corrected chi connectivity index (χ1v) is 7.44. The molecule has 0 fully saturated rings. The van der Waals surface area contributed by atoms with Crippen LogP contribution in [0, 0.1) is 0 Å². The van der Waals surface area contributed by atoms with Crippen molar-refractivity contribution in [2.45, 2.75) is 52.1 Å².